The molecule has 0 unspecified atom stereocenters. The molecule has 0 bridgehead atoms. The van der Waals surface area contributed by atoms with Crippen LogP contribution in [0.3, 0.4) is 0 Å². The summed E-state index contributed by atoms with van der Waals surface area (Å²) in [6, 6.07) is 62.3. The minimum Gasteiger partial charge on any atom is -0.0616 e. The highest BCUT2D eigenvalue weighted by atomic mass is 14.2. The van der Waals surface area contributed by atoms with Crippen molar-refractivity contribution in [1.29, 1.82) is 0 Å². The summed E-state index contributed by atoms with van der Waals surface area (Å²) in [7, 11) is 0. The first-order chi connectivity index (χ1) is 21.8. The fourth-order valence-electron chi connectivity index (χ4n) is 7.27. The Balaban J connectivity index is 1.34. The van der Waals surface area contributed by atoms with Crippen LogP contribution >= 0.6 is 0 Å². The van der Waals surface area contributed by atoms with E-state index in [-0.39, 0.29) is 0 Å². The van der Waals surface area contributed by atoms with E-state index in [1.165, 1.54) is 87.2 Å². The molecule has 0 saturated heterocycles. The molecule has 0 fully saturated rings. The molecule has 0 amide bonds. The Labute approximate surface area is 256 Å². The molecular weight excluding hydrogens is 528 g/mol. The Morgan fingerprint density at radius 3 is 1.36 bits per heavy atom. The van der Waals surface area contributed by atoms with Crippen LogP contribution in [0.15, 0.2) is 170 Å². The van der Waals surface area contributed by atoms with Gasteiger partial charge in [-0.05, 0) is 93.3 Å². The monoisotopic (exact) mass is 556 g/mol. The highest BCUT2D eigenvalue weighted by molar-refractivity contribution is 6.23. The Kier molecular flexibility index (Phi) is 5.61. The predicted molar refractivity (Wildman–Crippen MR) is 190 cm³/mol. The normalized spacial score (nSPS) is 11.6. The van der Waals surface area contributed by atoms with Crippen LogP contribution < -0.4 is 0 Å². The molecule has 0 aliphatic rings. The van der Waals surface area contributed by atoms with Crippen molar-refractivity contribution in [1.82, 2.24) is 0 Å². The van der Waals surface area contributed by atoms with Crippen molar-refractivity contribution < 1.29 is 0 Å². The van der Waals surface area contributed by atoms with Gasteiger partial charge >= 0.3 is 0 Å². The number of fused-ring (bicyclic) bond motifs is 7. The molecular formula is C44H28. The van der Waals surface area contributed by atoms with Gasteiger partial charge in [0.2, 0.25) is 0 Å². The summed E-state index contributed by atoms with van der Waals surface area (Å²) in [5, 5.41) is 12.8. The maximum atomic E-state index is 2.35. The smallest absolute Gasteiger partial charge is 0.00141 e. The zero-order chi connectivity index (χ0) is 29.0. The van der Waals surface area contributed by atoms with E-state index in [0.717, 1.165) is 0 Å². The third-order valence-electron chi connectivity index (χ3n) is 9.24. The average molecular weight is 557 g/mol. The molecule has 9 aromatic carbocycles. The Bertz CT molecular complexity index is 2530. The molecule has 0 atom stereocenters. The molecule has 204 valence electrons. The Hall–Kier alpha value is -5.72. The third kappa shape index (κ3) is 3.78. The highest BCUT2D eigenvalue weighted by Crippen LogP contribution is 2.46. The number of benzene rings is 9. The van der Waals surface area contributed by atoms with Crippen molar-refractivity contribution in [2.24, 2.45) is 0 Å². The summed E-state index contributed by atoms with van der Waals surface area (Å²) in [6.45, 7) is 0. The first kappa shape index (κ1) is 24.8. The van der Waals surface area contributed by atoms with E-state index in [4.69, 9.17) is 0 Å². The lowest BCUT2D eigenvalue weighted by atomic mass is 9.83. The first-order valence-electron chi connectivity index (χ1n) is 15.3. The van der Waals surface area contributed by atoms with Crippen molar-refractivity contribution >= 4 is 53.9 Å². The van der Waals surface area contributed by atoms with E-state index in [0.29, 0.717) is 0 Å². The fraction of sp³-hybridized carbons (Fsp3) is 0. The van der Waals surface area contributed by atoms with Gasteiger partial charge in [0, 0.05) is 0 Å². The van der Waals surface area contributed by atoms with Gasteiger partial charge < -0.3 is 0 Å². The van der Waals surface area contributed by atoms with E-state index in [1.807, 2.05) is 0 Å². The Morgan fingerprint density at radius 2 is 0.682 bits per heavy atom. The van der Waals surface area contributed by atoms with Gasteiger partial charge in [-0.1, -0.05) is 164 Å². The lowest BCUT2D eigenvalue weighted by molar-refractivity contribution is 1.63. The molecule has 9 aromatic rings. The van der Waals surface area contributed by atoms with Gasteiger partial charge in [0.15, 0.2) is 0 Å². The minimum absolute atomic E-state index is 1.23. The van der Waals surface area contributed by atoms with Gasteiger partial charge in [-0.25, -0.2) is 0 Å². The summed E-state index contributed by atoms with van der Waals surface area (Å²) in [5.41, 5.74) is 7.56. The van der Waals surface area contributed by atoms with Gasteiger partial charge in [-0.2, -0.15) is 0 Å². The van der Waals surface area contributed by atoms with Crippen LogP contribution in [0.4, 0.5) is 0 Å². The van der Waals surface area contributed by atoms with Crippen molar-refractivity contribution in [2.75, 3.05) is 0 Å². The maximum absolute atomic E-state index is 2.35. The van der Waals surface area contributed by atoms with Gasteiger partial charge in [0.25, 0.3) is 0 Å². The molecule has 0 aliphatic heterocycles. The van der Waals surface area contributed by atoms with E-state index < -0.39 is 0 Å². The lowest BCUT2D eigenvalue weighted by Gasteiger charge is -2.20. The summed E-state index contributed by atoms with van der Waals surface area (Å²) in [6.07, 6.45) is 0. The summed E-state index contributed by atoms with van der Waals surface area (Å²) in [4.78, 5) is 0. The molecule has 0 radical (unpaired) electrons. The lowest BCUT2D eigenvalue weighted by Crippen LogP contribution is -1.93. The van der Waals surface area contributed by atoms with E-state index in [1.54, 1.807) is 0 Å². The summed E-state index contributed by atoms with van der Waals surface area (Å²) >= 11 is 0. The zero-order valence-corrected chi connectivity index (χ0v) is 24.2. The molecule has 0 saturated carbocycles. The largest absolute Gasteiger partial charge is 0.0616 e. The zero-order valence-electron chi connectivity index (χ0n) is 24.2. The Morgan fingerprint density at radius 1 is 0.227 bits per heavy atom. The van der Waals surface area contributed by atoms with Crippen LogP contribution in [0.5, 0.6) is 0 Å². The van der Waals surface area contributed by atoms with Crippen LogP contribution in [0, 0.1) is 0 Å². The van der Waals surface area contributed by atoms with Crippen LogP contribution in [0.2, 0.25) is 0 Å². The SMILES string of the molecule is c1ccc2c(-c3c(-c4ccc(-c5cc6ccccc6c6ccccc56)cc4)c4ccccc4c4ccccc34)cccc2c1. The maximum Gasteiger partial charge on any atom is -0.00141 e. The fourth-order valence-corrected chi connectivity index (χ4v) is 7.27. The van der Waals surface area contributed by atoms with Crippen LogP contribution in [0.25, 0.3) is 87.2 Å². The molecule has 0 spiro atoms. The number of rotatable bonds is 3. The second-order valence-electron chi connectivity index (χ2n) is 11.6. The minimum atomic E-state index is 1.23. The van der Waals surface area contributed by atoms with Gasteiger partial charge in [-0.3, -0.25) is 0 Å². The van der Waals surface area contributed by atoms with Gasteiger partial charge in [0.1, 0.15) is 0 Å². The second-order valence-corrected chi connectivity index (χ2v) is 11.6. The van der Waals surface area contributed by atoms with Crippen LogP contribution in [-0.2, 0) is 0 Å². The van der Waals surface area contributed by atoms with Crippen LogP contribution in [0.1, 0.15) is 0 Å². The summed E-state index contributed by atoms with van der Waals surface area (Å²) < 4.78 is 0. The first-order valence-corrected chi connectivity index (χ1v) is 15.3. The number of hydrogen-bond donors (Lipinski definition) is 0. The molecule has 0 nitrogen and oxygen atoms in total. The van der Waals surface area contributed by atoms with Crippen molar-refractivity contribution in [3.05, 3.63) is 170 Å². The van der Waals surface area contributed by atoms with Gasteiger partial charge in [-0.15, -0.1) is 0 Å². The molecule has 9 rings (SSSR count). The van der Waals surface area contributed by atoms with Crippen molar-refractivity contribution in [3.63, 3.8) is 0 Å². The van der Waals surface area contributed by atoms with Crippen LogP contribution in [-0.4, -0.2) is 0 Å². The standard InChI is InChI=1S/C44H28/c1-3-15-33-29(12-1)14-11-23-39(33)44-41-22-10-8-19-37(41)36-18-7-9-21-40(36)43(44)31-26-24-30(25-27-31)42-28-32-13-2-4-16-34(32)35-17-5-6-20-38(35)42/h1-28H. The molecule has 0 N–H and O–H groups in total. The predicted octanol–water partition coefficient (Wildman–Crippen LogP) is 12.5. The quantitative estimate of drug-likeness (QED) is 0.190. The number of hydrogen-bond acceptors (Lipinski definition) is 0. The highest BCUT2D eigenvalue weighted by Gasteiger charge is 2.19. The average Bonchev–Trinajstić information content (AvgIpc) is 3.10. The summed E-state index contributed by atoms with van der Waals surface area (Å²) in [5.74, 6) is 0. The molecule has 0 heteroatoms. The molecule has 0 aliphatic carbocycles. The second kappa shape index (κ2) is 9.93. The van der Waals surface area contributed by atoms with E-state index in [2.05, 4.69) is 170 Å². The van der Waals surface area contributed by atoms with Crippen molar-refractivity contribution in [3.8, 4) is 33.4 Å². The van der Waals surface area contributed by atoms with E-state index >= 15 is 0 Å². The molecule has 0 heterocycles. The molecule has 44 heavy (non-hydrogen) atoms. The third-order valence-corrected chi connectivity index (χ3v) is 9.24. The van der Waals surface area contributed by atoms with Gasteiger partial charge in [0.05, 0.1) is 0 Å². The van der Waals surface area contributed by atoms with Crippen molar-refractivity contribution in [2.45, 2.75) is 0 Å². The molecule has 0 aromatic heterocycles. The van der Waals surface area contributed by atoms with E-state index in [9.17, 15) is 0 Å². The topological polar surface area (TPSA) is 0 Å².